The Balaban J connectivity index is 1.79. The third-order valence-electron chi connectivity index (χ3n) is 4.96. The zero-order chi connectivity index (χ0) is 24.4. The Morgan fingerprint density at radius 3 is 2.35 bits per heavy atom. The van der Waals surface area contributed by atoms with E-state index in [0.717, 1.165) is 5.56 Å². The van der Waals surface area contributed by atoms with Gasteiger partial charge in [0.05, 0.1) is 26.8 Å². The van der Waals surface area contributed by atoms with Gasteiger partial charge >= 0.3 is 5.97 Å². The van der Waals surface area contributed by atoms with Crippen molar-refractivity contribution in [1.29, 1.82) is 0 Å². The molecule has 2 aromatic heterocycles. The predicted molar refractivity (Wildman–Crippen MR) is 131 cm³/mol. The second kappa shape index (κ2) is 9.85. The van der Waals surface area contributed by atoms with Crippen molar-refractivity contribution < 1.29 is 19.1 Å². The maximum absolute atomic E-state index is 13.2. The van der Waals surface area contributed by atoms with Crippen LogP contribution in [0.1, 0.15) is 22.8 Å². The van der Waals surface area contributed by atoms with Gasteiger partial charge in [0.1, 0.15) is 0 Å². The van der Waals surface area contributed by atoms with Crippen molar-refractivity contribution in [2.45, 2.75) is 13.5 Å². The third kappa shape index (κ3) is 4.77. The largest absolute Gasteiger partial charge is 0.424 e. The first-order chi connectivity index (χ1) is 16.3. The number of nitrogens with zero attached hydrogens (tertiary/aromatic N) is 2. The van der Waals surface area contributed by atoms with Gasteiger partial charge in [-0.3, -0.25) is 19.4 Å². The van der Waals surface area contributed by atoms with Crippen LogP contribution in [0.2, 0.25) is 15.1 Å². The quantitative estimate of drug-likeness (QED) is 0.152. The van der Waals surface area contributed by atoms with Gasteiger partial charge in [0.25, 0.3) is 11.7 Å². The molecule has 34 heavy (non-hydrogen) atoms. The van der Waals surface area contributed by atoms with Crippen LogP contribution in [0.5, 0.6) is 5.75 Å². The number of halogens is 3. The van der Waals surface area contributed by atoms with Crippen molar-refractivity contribution in [3.63, 3.8) is 0 Å². The summed E-state index contributed by atoms with van der Waals surface area (Å²) < 4.78 is 7.08. The van der Waals surface area contributed by atoms with Crippen LogP contribution >= 0.6 is 34.8 Å². The van der Waals surface area contributed by atoms with Crippen LogP contribution in [0.15, 0.2) is 61.1 Å². The van der Waals surface area contributed by atoms with Gasteiger partial charge in [-0.25, -0.2) is 0 Å². The van der Waals surface area contributed by atoms with Gasteiger partial charge in [0.15, 0.2) is 5.75 Å². The number of hydrogen-bond donors (Lipinski definition) is 1. The van der Waals surface area contributed by atoms with Crippen molar-refractivity contribution in [3.8, 4) is 5.75 Å². The number of amides is 1. The molecular weight excluding hydrogens is 501 g/mol. The van der Waals surface area contributed by atoms with Gasteiger partial charge in [-0.05, 0) is 17.7 Å². The average Bonchev–Trinajstić information content (AvgIpc) is 3.16. The molecule has 0 radical (unpaired) electrons. The van der Waals surface area contributed by atoms with E-state index in [2.05, 4.69) is 10.3 Å². The zero-order valence-electron chi connectivity index (χ0n) is 17.6. The van der Waals surface area contributed by atoms with E-state index in [1.807, 2.05) is 12.1 Å². The third-order valence-corrected chi connectivity index (χ3v) is 5.90. The maximum atomic E-state index is 13.2. The lowest BCUT2D eigenvalue weighted by Crippen LogP contribution is -2.23. The van der Waals surface area contributed by atoms with E-state index in [-0.39, 0.29) is 33.6 Å². The number of carbonyl (C=O) groups excluding carboxylic acids is 3. The number of aromatic nitrogens is 2. The van der Waals surface area contributed by atoms with Crippen molar-refractivity contribution in [3.05, 3.63) is 87.2 Å². The lowest BCUT2D eigenvalue weighted by atomic mass is 10.1. The Bertz CT molecular complexity index is 1430. The Kier molecular flexibility index (Phi) is 6.88. The standard InChI is InChI=1S/C24H16Cl3N3O4/c1-13(31)34-20-8-4-6-15-16(12-30(22(15)20)11-14-5-2-3-7-17(14)25)23(32)24(33)29-21-18(26)9-28-10-19(21)27/h2-10,12H,11H2,1H3,(H,28,29,33). The summed E-state index contributed by atoms with van der Waals surface area (Å²) in [4.78, 5) is 41.5. The van der Waals surface area contributed by atoms with E-state index in [1.165, 1.54) is 25.5 Å². The number of ether oxygens (including phenoxy) is 1. The smallest absolute Gasteiger partial charge is 0.308 e. The summed E-state index contributed by atoms with van der Waals surface area (Å²) in [6.45, 7) is 1.55. The molecule has 0 saturated heterocycles. The Labute approximate surface area is 209 Å². The minimum absolute atomic E-state index is 0.0806. The van der Waals surface area contributed by atoms with Crippen molar-refractivity contribution in [1.82, 2.24) is 9.55 Å². The van der Waals surface area contributed by atoms with Crippen LogP contribution in [0.3, 0.4) is 0 Å². The van der Waals surface area contributed by atoms with E-state index < -0.39 is 17.7 Å². The number of benzene rings is 2. The SMILES string of the molecule is CC(=O)Oc1cccc2c(C(=O)C(=O)Nc3c(Cl)cncc3Cl)cn(Cc3ccccc3Cl)c12. The highest BCUT2D eigenvalue weighted by Gasteiger charge is 2.25. The molecule has 0 aliphatic rings. The van der Waals surface area contributed by atoms with Crippen LogP contribution in [-0.4, -0.2) is 27.2 Å². The molecule has 0 unspecified atom stereocenters. The molecule has 4 aromatic rings. The number of anilines is 1. The topological polar surface area (TPSA) is 90.3 Å². The van der Waals surface area contributed by atoms with Crippen LogP contribution in [0.4, 0.5) is 5.69 Å². The lowest BCUT2D eigenvalue weighted by molar-refractivity contribution is -0.131. The summed E-state index contributed by atoms with van der Waals surface area (Å²) in [6.07, 6.45) is 4.13. The fourth-order valence-electron chi connectivity index (χ4n) is 3.50. The summed E-state index contributed by atoms with van der Waals surface area (Å²) in [7, 11) is 0. The highest BCUT2D eigenvalue weighted by molar-refractivity contribution is 6.50. The van der Waals surface area contributed by atoms with E-state index >= 15 is 0 Å². The molecule has 0 saturated carbocycles. The molecule has 0 aliphatic heterocycles. The number of carbonyl (C=O) groups is 3. The summed E-state index contributed by atoms with van der Waals surface area (Å²) in [5.41, 5.74) is 1.43. The molecule has 2 aromatic carbocycles. The number of nitrogens with one attached hydrogen (secondary N) is 1. The Morgan fingerprint density at radius 2 is 1.68 bits per heavy atom. The molecule has 10 heteroatoms. The van der Waals surface area contributed by atoms with Gasteiger partial charge in [-0.15, -0.1) is 0 Å². The molecule has 1 amide bonds. The molecule has 2 heterocycles. The van der Waals surface area contributed by atoms with Crippen LogP contribution in [-0.2, 0) is 16.1 Å². The molecular formula is C24H16Cl3N3O4. The molecule has 0 aliphatic carbocycles. The molecule has 7 nitrogen and oxygen atoms in total. The number of ketones is 1. The summed E-state index contributed by atoms with van der Waals surface area (Å²) >= 11 is 18.4. The number of fused-ring (bicyclic) bond motifs is 1. The second-order valence-electron chi connectivity index (χ2n) is 7.27. The molecule has 4 rings (SSSR count). The fraction of sp³-hybridized carbons (Fsp3) is 0.0833. The van der Waals surface area contributed by atoms with Crippen molar-refractivity contribution >= 4 is 69.1 Å². The molecule has 0 fully saturated rings. The summed E-state index contributed by atoms with van der Waals surface area (Å²) in [5, 5.41) is 3.59. The van der Waals surface area contributed by atoms with Gasteiger partial charge in [0.2, 0.25) is 0 Å². The van der Waals surface area contributed by atoms with Gasteiger partial charge in [-0.2, -0.15) is 0 Å². The minimum atomic E-state index is -0.940. The number of hydrogen-bond acceptors (Lipinski definition) is 5. The maximum Gasteiger partial charge on any atom is 0.308 e. The van der Waals surface area contributed by atoms with E-state index in [0.29, 0.717) is 15.9 Å². The summed E-state index contributed by atoms with van der Waals surface area (Å²) in [6, 6.07) is 12.1. The van der Waals surface area contributed by atoms with Crippen molar-refractivity contribution in [2.75, 3.05) is 5.32 Å². The van der Waals surface area contributed by atoms with Crippen LogP contribution in [0.25, 0.3) is 10.9 Å². The Hall–Kier alpha value is -3.39. The van der Waals surface area contributed by atoms with Gasteiger partial charge in [-0.1, -0.05) is 65.1 Å². The normalized spacial score (nSPS) is 10.8. The first-order valence-corrected chi connectivity index (χ1v) is 11.1. The summed E-state index contributed by atoms with van der Waals surface area (Å²) in [5.74, 6) is -2.04. The first kappa shape index (κ1) is 23.8. The van der Waals surface area contributed by atoms with E-state index in [9.17, 15) is 14.4 Å². The molecule has 0 bridgehead atoms. The monoisotopic (exact) mass is 515 g/mol. The number of para-hydroxylation sites is 1. The molecule has 0 spiro atoms. The Morgan fingerprint density at radius 1 is 0.971 bits per heavy atom. The van der Waals surface area contributed by atoms with Gasteiger partial charge < -0.3 is 14.6 Å². The zero-order valence-corrected chi connectivity index (χ0v) is 19.9. The van der Waals surface area contributed by atoms with Crippen LogP contribution in [0, 0.1) is 0 Å². The second-order valence-corrected chi connectivity index (χ2v) is 8.49. The van der Waals surface area contributed by atoms with Gasteiger partial charge in [0, 0.05) is 42.5 Å². The number of pyridine rings is 1. The number of esters is 1. The van der Waals surface area contributed by atoms with Crippen LogP contribution < -0.4 is 10.1 Å². The minimum Gasteiger partial charge on any atom is -0.424 e. The highest BCUT2D eigenvalue weighted by atomic mass is 35.5. The first-order valence-electron chi connectivity index (χ1n) is 9.94. The fourth-order valence-corrected chi connectivity index (χ4v) is 4.16. The molecule has 1 N–H and O–H groups in total. The van der Waals surface area contributed by atoms with E-state index in [1.54, 1.807) is 34.9 Å². The molecule has 172 valence electrons. The number of Topliss-reactive ketones (excluding diaryl/α,β-unsaturated/α-hetero) is 1. The predicted octanol–water partition coefficient (Wildman–Crippen LogP) is 5.79. The lowest BCUT2D eigenvalue weighted by Gasteiger charge is -2.10. The average molecular weight is 517 g/mol. The number of rotatable bonds is 6. The van der Waals surface area contributed by atoms with E-state index in [4.69, 9.17) is 39.5 Å². The highest BCUT2D eigenvalue weighted by Crippen LogP contribution is 2.33. The molecule has 0 atom stereocenters. The van der Waals surface area contributed by atoms with Crippen molar-refractivity contribution in [2.24, 2.45) is 0 Å².